The molecule has 0 aromatic carbocycles. The van der Waals surface area contributed by atoms with Crippen LogP contribution in [-0.2, 0) is 30.4 Å². The second kappa shape index (κ2) is 17.0. The quantitative estimate of drug-likeness (QED) is 0.0965. The molecule has 0 aliphatic rings. The Kier molecular flexibility index (Phi) is 14.4. The molecule has 14 nitrogen and oxygen atoms in total. The minimum absolute atomic E-state index is 0.0629. The van der Waals surface area contributed by atoms with Gasteiger partial charge in [-0.1, -0.05) is 0 Å². The zero-order valence-electron chi connectivity index (χ0n) is 20.7. The lowest BCUT2D eigenvalue weighted by molar-refractivity contribution is -0.132. The Hall–Kier alpha value is -3.52. The topological polar surface area (TPSA) is 240 Å². The maximum atomic E-state index is 12.9. The van der Waals surface area contributed by atoms with Crippen LogP contribution in [0, 0.1) is 0 Å². The zero-order valence-corrected chi connectivity index (χ0v) is 20.7. The summed E-state index contributed by atoms with van der Waals surface area (Å²) in [7, 11) is 0. The van der Waals surface area contributed by atoms with Gasteiger partial charge in [0, 0.05) is 25.2 Å². The van der Waals surface area contributed by atoms with E-state index >= 15 is 0 Å². The van der Waals surface area contributed by atoms with E-state index in [0.29, 0.717) is 57.3 Å². The van der Waals surface area contributed by atoms with Gasteiger partial charge in [-0.2, -0.15) is 0 Å². The molecule has 0 fully saturated rings. The van der Waals surface area contributed by atoms with Crippen LogP contribution in [0.15, 0.2) is 12.5 Å². The lowest BCUT2D eigenvalue weighted by Crippen LogP contribution is -2.55. The second-order valence-corrected chi connectivity index (χ2v) is 8.40. The zero-order chi connectivity index (χ0) is 26.9. The number of imidazole rings is 1. The SMILES string of the molecule is CC(=O)NC(CCCCN)C(=O)NCC(=O)NC(Cc1cnc[nH]1)C(=O)NC(CCCCN)C(N)=O. The van der Waals surface area contributed by atoms with Gasteiger partial charge in [0.25, 0.3) is 0 Å². The van der Waals surface area contributed by atoms with Crippen molar-refractivity contribution < 1.29 is 24.0 Å². The molecule has 0 spiro atoms. The summed E-state index contributed by atoms with van der Waals surface area (Å²) in [5, 5.41) is 10.2. The third-order valence-electron chi connectivity index (χ3n) is 5.30. The van der Waals surface area contributed by atoms with Crippen molar-refractivity contribution in [2.24, 2.45) is 17.2 Å². The Morgan fingerprint density at radius 1 is 0.889 bits per heavy atom. The van der Waals surface area contributed by atoms with Crippen molar-refractivity contribution in [1.29, 1.82) is 0 Å². The number of rotatable bonds is 18. The van der Waals surface area contributed by atoms with Crippen molar-refractivity contribution >= 4 is 29.5 Å². The Balaban J connectivity index is 2.78. The van der Waals surface area contributed by atoms with E-state index in [-0.39, 0.29) is 12.3 Å². The molecule has 36 heavy (non-hydrogen) atoms. The second-order valence-electron chi connectivity index (χ2n) is 8.40. The highest BCUT2D eigenvalue weighted by atomic mass is 16.2. The number of nitrogens with zero attached hydrogens (tertiary/aromatic N) is 1. The molecular weight excluding hydrogens is 470 g/mol. The number of hydrogen-bond donors (Lipinski definition) is 8. The first-order valence-electron chi connectivity index (χ1n) is 12.0. The van der Waals surface area contributed by atoms with Crippen LogP contribution in [0.1, 0.15) is 51.1 Å². The number of H-pyrrole nitrogens is 1. The van der Waals surface area contributed by atoms with E-state index in [1.54, 1.807) is 0 Å². The van der Waals surface area contributed by atoms with E-state index < -0.39 is 48.3 Å². The first-order valence-corrected chi connectivity index (χ1v) is 12.0. The highest BCUT2D eigenvalue weighted by molar-refractivity contribution is 5.94. The number of amides is 5. The van der Waals surface area contributed by atoms with Crippen molar-refractivity contribution in [2.75, 3.05) is 19.6 Å². The average molecular weight is 510 g/mol. The Morgan fingerprint density at radius 2 is 1.53 bits per heavy atom. The molecule has 11 N–H and O–H groups in total. The van der Waals surface area contributed by atoms with E-state index in [4.69, 9.17) is 17.2 Å². The van der Waals surface area contributed by atoms with Gasteiger partial charge in [-0.15, -0.1) is 0 Å². The van der Waals surface area contributed by atoms with Crippen molar-refractivity contribution in [1.82, 2.24) is 31.2 Å². The van der Waals surface area contributed by atoms with Gasteiger partial charge in [0.1, 0.15) is 18.1 Å². The van der Waals surface area contributed by atoms with Crippen molar-refractivity contribution in [3.63, 3.8) is 0 Å². The van der Waals surface area contributed by atoms with Crippen LogP contribution in [0.5, 0.6) is 0 Å². The fraction of sp³-hybridized carbons (Fsp3) is 0.636. The molecule has 1 aromatic rings. The number of nitrogens with two attached hydrogens (primary N) is 3. The summed E-state index contributed by atoms with van der Waals surface area (Å²) >= 11 is 0. The van der Waals surface area contributed by atoms with Crippen molar-refractivity contribution in [3.05, 3.63) is 18.2 Å². The van der Waals surface area contributed by atoms with Gasteiger partial charge in [0.15, 0.2) is 0 Å². The van der Waals surface area contributed by atoms with Gasteiger partial charge >= 0.3 is 0 Å². The highest BCUT2D eigenvalue weighted by Gasteiger charge is 2.27. The average Bonchev–Trinajstić information content (AvgIpc) is 3.33. The third-order valence-corrected chi connectivity index (χ3v) is 5.30. The Morgan fingerprint density at radius 3 is 2.06 bits per heavy atom. The molecule has 0 saturated heterocycles. The molecule has 14 heteroatoms. The smallest absolute Gasteiger partial charge is 0.243 e. The molecule has 5 amide bonds. The first-order chi connectivity index (χ1) is 17.2. The number of nitrogens with one attached hydrogen (secondary N) is 5. The molecule has 3 atom stereocenters. The van der Waals surface area contributed by atoms with Gasteiger partial charge in [0.2, 0.25) is 29.5 Å². The maximum absolute atomic E-state index is 12.9. The molecule has 3 unspecified atom stereocenters. The summed E-state index contributed by atoms with van der Waals surface area (Å²) in [4.78, 5) is 68.0. The predicted molar refractivity (Wildman–Crippen MR) is 132 cm³/mol. The molecule has 0 bridgehead atoms. The third kappa shape index (κ3) is 12.3. The highest BCUT2D eigenvalue weighted by Crippen LogP contribution is 2.04. The van der Waals surface area contributed by atoms with Crippen molar-refractivity contribution in [2.45, 2.75) is 70.0 Å². The van der Waals surface area contributed by atoms with Crippen LogP contribution < -0.4 is 38.5 Å². The molecule has 0 radical (unpaired) electrons. The summed E-state index contributed by atoms with van der Waals surface area (Å²) in [5.41, 5.74) is 16.9. The normalized spacial score (nSPS) is 13.2. The summed E-state index contributed by atoms with van der Waals surface area (Å²) < 4.78 is 0. The molecule has 1 heterocycles. The Bertz CT molecular complexity index is 847. The number of aromatic nitrogens is 2. The van der Waals surface area contributed by atoms with Gasteiger partial charge in [-0.3, -0.25) is 24.0 Å². The van der Waals surface area contributed by atoms with Crippen LogP contribution in [0.2, 0.25) is 0 Å². The van der Waals surface area contributed by atoms with Crippen LogP contribution in [0.3, 0.4) is 0 Å². The number of unbranched alkanes of at least 4 members (excludes halogenated alkanes) is 2. The maximum Gasteiger partial charge on any atom is 0.243 e. The molecular formula is C22H39N9O5. The molecule has 0 aliphatic carbocycles. The number of hydrogen-bond acceptors (Lipinski definition) is 8. The fourth-order valence-electron chi connectivity index (χ4n) is 3.42. The lowest BCUT2D eigenvalue weighted by Gasteiger charge is -2.22. The van der Waals surface area contributed by atoms with E-state index in [1.165, 1.54) is 19.4 Å². The summed E-state index contributed by atoms with van der Waals surface area (Å²) in [6.45, 7) is 1.78. The minimum atomic E-state index is -1.07. The molecule has 1 rings (SSSR count). The van der Waals surface area contributed by atoms with Crippen LogP contribution in [0.25, 0.3) is 0 Å². The monoisotopic (exact) mass is 509 g/mol. The Labute approximate surface area is 210 Å². The van der Waals surface area contributed by atoms with Gasteiger partial charge in [-0.25, -0.2) is 4.98 Å². The first kappa shape index (κ1) is 30.5. The number of aromatic amines is 1. The van der Waals surface area contributed by atoms with E-state index in [9.17, 15) is 24.0 Å². The largest absolute Gasteiger partial charge is 0.368 e. The molecule has 0 saturated carbocycles. The lowest BCUT2D eigenvalue weighted by atomic mass is 10.1. The molecule has 1 aromatic heterocycles. The number of carbonyl (C=O) groups excluding carboxylic acids is 5. The summed E-state index contributed by atoms with van der Waals surface area (Å²) in [6.07, 6.45) is 6.24. The van der Waals surface area contributed by atoms with E-state index in [2.05, 4.69) is 31.2 Å². The molecule has 0 aliphatic heterocycles. The molecule has 202 valence electrons. The van der Waals surface area contributed by atoms with Crippen molar-refractivity contribution in [3.8, 4) is 0 Å². The summed E-state index contributed by atoms with van der Waals surface area (Å²) in [6, 6.07) is -2.80. The number of primary amides is 1. The number of carbonyl (C=O) groups is 5. The van der Waals surface area contributed by atoms with Gasteiger partial charge in [0.05, 0.1) is 12.9 Å². The van der Waals surface area contributed by atoms with Crippen LogP contribution in [-0.4, -0.2) is 77.3 Å². The van der Waals surface area contributed by atoms with E-state index in [0.717, 1.165) is 0 Å². The van der Waals surface area contributed by atoms with Crippen LogP contribution >= 0.6 is 0 Å². The minimum Gasteiger partial charge on any atom is -0.368 e. The standard InChI is InChI=1S/C22H39N9O5/c1-14(32)29-17(7-3-5-9-24)21(35)27-12-19(33)30-18(10-15-11-26-13-28-15)22(36)31-16(20(25)34)6-2-4-8-23/h11,13,16-18H,2-10,12,23-24H2,1H3,(H2,25,34)(H,26,28)(H,27,35)(H,29,32)(H,30,33)(H,31,36). The predicted octanol–water partition coefficient (Wildman–Crippen LogP) is -2.71. The fourth-order valence-corrected chi connectivity index (χ4v) is 3.42. The van der Waals surface area contributed by atoms with Gasteiger partial charge in [-0.05, 0) is 51.6 Å². The summed E-state index contributed by atoms with van der Waals surface area (Å²) in [5.74, 6) is -2.85. The van der Waals surface area contributed by atoms with E-state index in [1.807, 2.05) is 0 Å². The van der Waals surface area contributed by atoms with Crippen LogP contribution in [0.4, 0.5) is 0 Å². The van der Waals surface area contributed by atoms with Gasteiger partial charge < -0.3 is 43.5 Å².